The maximum Gasteiger partial charge on any atom is 0.344 e. The largest absolute Gasteiger partial charge is 0.482 e. The van der Waals surface area contributed by atoms with Crippen molar-refractivity contribution in [1.82, 2.24) is 0 Å². The Bertz CT molecular complexity index is 450. The van der Waals surface area contributed by atoms with E-state index in [9.17, 15) is 4.79 Å². The van der Waals surface area contributed by atoms with Gasteiger partial charge in [-0.3, -0.25) is 0 Å². The Morgan fingerprint density at radius 3 is 2.53 bits per heavy atom. The molecule has 1 rings (SSSR count). The number of benzene rings is 1. The second kappa shape index (κ2) is 6.49. The van der Waals surface area contributed by atoms with Gasteiger partial charge in [-0.2, -0.15) is 0 Å². The first kappa shape index (κ1) is 16.1. The molecule has 1 atom stereocenters. The molecule has 0 aliphatic heterocycles. The van der Waals surface area contributed by atoms with E-state index < -0.39 is 11.6 Å². The molecular weight excluding hydrogens is 287 g/mol. The number of rotatable bonds is 4. The summed E-state index contributed by atoms with van der Waals surface area (Å²) in [6.45, 7) is 7.07. The molecule has 0 radical (unpaired) electrons. The van der Waals surface area contributed by atoms with Gasteiger partial charge in [0.25, 0.3) is 0 Å². The fourth-order valence-corrected chi connectivity index (χ4v) is 1.82. The summed E-state index contributed by atoms with van der Waals surface area (Å²) in [5.74, 6) is 0.119. The van der Waals surface area contributed by atoms with Crippen LogP contribution in [0.2, 0.25) is 5.02 Å². The lowest BCUT2D eigenvalue weighted by atomic mass is 10.1. The summed E-state index contributed by atoms with van der Waals surface area (Å²) in [7, 11) is 0. The molecule has 3 nitrogen and oxygen atoms in total. The summed E-state index contributed by atoms with van der Waals surface area (Å²) >= 11 is 12.0. The van der Waals surface area contributed by atoms with Crippen molar-refractivity contribution >= 4 is 29.2 Å². The predicted octanol–water partition coefficient (Wildman–Crippen LogP) is 4.36. The lowest BCUT2D eigenvalue weighted by Gasteiger charge is -2.20. The van der Waals surface area contributed by atoms with Gasteiger partial charge < -0.3 is 9.47 Å². The quantitative estimate of drug-likeness (QED) is 0.612. The number of carbonyl (C=O) groups is 1. The van der Waals surface area contributed by atoms with Crippen LogP contribution in [-0.4, -0.2) is 18.2 Å². The minimum Gasteiger partial charge on any atom is -0.482 e. The van der Waals surface area contributed by atoms with Crippen molar-refractivity contribution < 1.29 is 14.3 Å². The lowest BCUT2D eigenvalue weighted by Crippen LogP contribution is -2.27. The van der Waals surface area contributed by atoms with Gasteiger partial charge in [-0.05, 0) is 45.9 Å². The average molecular weight is 305 g/mol. The molecule has 0 N–H and O–H groups in total. The van der Waals surface area contributed by atoms with Gasteiger partial charge in [0.15, 0.2) is 6.61 Å². The Hall–Kier alpha value is -0.930. The molecule has 0 fully saturated rings. The van der Waals surface area contributed by atoms with Crippen molar-refractivity contribution in [1.29, 1.82) is 0 Å². The molecule has 1 unspecified atom stereocenters. The first-order valence-electron chi connectivity index (χ1n) is 5.97. The number of hydrogen-bond donors (Lipinski definition) is 0. The van der Waals surface area contributed by atoms with Crippen LogP contribution < -0.4 is 4.74 Å². The SMILES string of the molecule is CC(Cl)c1cc(Cl)ccc1OCC(=O)OC(C)(C)C. The Balaban J connectivity index is 2.70. The van der Waals surface area contributed by atoms with Crippen LogP contribution in [0.4, 0.5) is 0 Å². The topological polar surface area (TPSA) is 35.5 Å². The first-order valence-corrected chi connectivity index (χ1v) is 6.78. The minimum absolute atomic E-state index is 0.157. The van der Waals surface area contributed by atoms with E-state index in [-0.39, 0.29) is 12.0 Å². The van der Waals surface area contributed by atoms with Crippen molar-refractivity contribution in [2.75, 3.05) is 6.61 Å². The molecule has 5 heteroatoms. The van der Waals surface area contributed by atoms with Gasteiger partial charge >= 0.3 is 5.97 Å². The Morgan fingerprint density at radius 1 is 1.37 bits per heavy atom. The monoisotopic (exact) mass is 304 g/mol. The third kappa shape index (κ3) is 5.70. The fraction of sp³-hybridized carbons (Fsp3) is 0.500. The van der Waals surface area contributed by atoms with Crippen molar-refractivity contribution in [3.8, 4) is 5.75 Å². The van der Waals surface area contributed by atoms with Crippen LogP contribution in [0.25, 0.3) is 0 Å². The van der Waals surface area contributed by atoms with Crippen LogP contribution in [0.15, 0.2) is 18.2 Å². The molecule has 106 valence electrons. The molecule has 19 heavy (non-hydrogen) atoms. The van der Waals surface area contributed by atoms with Crippen molar-refractivity contribution in [2.45, 2.75) is 38.7 Å². The highest BCUT2D eigenvalue weighted by Gasteiger charge is 2.17. The summed E-state index contributed by atoms with van der Waals surface area (Å²) < 4.78 is 10.6. The molecule has 0 bridgehead atoms. The number of ether oxygens (including phenoxy) is 2. The maximum atomic E-state index is 11.6. The molecule has 0 spiro atoms. The normalized spacial score (nSPS) is 12.9. The second-order valence-electron chi connectivity index (χ2n) is 5.17. The van der Waals surface area contributed by atoms with E-state index in [1.54, 1.807) is 39.0 Å². The van der Waals surface area contributed by atoms with Crippen LogP contribution in [0.1, 0.15) is 38.6 Å². The smallest absolute Gasteiger partial charge is 0.344 e. The van der Waals surface area contributed by atoms with E-state index in [0.717, 1.165) is 5.56 Å². The Morgan fingerprint density at radius 2 is 2.00 bits per heavy atom. The molecular formula is C14H18Cl2O3. The zero-order chi connectivity index (χ0) is 14.6. The Kier molecular flexibility index (Phi) is 5.50. The third-order valence-electron chi connectivity index (χ3n) is 2.17. The van der Waals surface area contributed by atoms with E-state index in [1.807, 2.05) is 6.92 Å². The summed E-state index contributed by atoms with van der Waals surface area (Å²) in [6, 6.07) is 5.11. The summed E-state index contributed by atoms with van der Waals surface area (Å²) in [5, 5.41) is 0.319. The van der Waals surface area contributed by atoms with Gasteiger partial charge in [0.2, 0.25) is 0 Å². The van der Waals surface area contributed by atoms with Gasteiger partial charge in [-0.25, -0.2) is 4.79 Å². The van der Waals surface area contributed by atoms with E-state index in [2.05, 4.69) is 0 Å². The molecule has 1 aromatic carbocycles. The second-order valence-corrected chi connectivity index (χ2v) is 6.26. The van der Waals surface area contributed by atoms with Gasteiger partial charge in [0.1, 0.15) is 11.4 Å². The molecule has 0 saturated carbocycles. The first-order chi connectivity index (χ1) is 8.69. The van der Waals surface area contributed by atoms with E-state index in [0.29, 0.717) is 10.8 Å². The maximum absolute atomic E-state index is 11.6. The lowest BCUT2D eigenvalue weighted by molar-refractivity contribution is -0.157. The number of esters is 1. The molecule has 0 aliphatic rings. The summed E-state index contributed by atoms with van der Waals surface area (Å²) in [6.07, 6.45) is 0. The van der Waals surface area contributed by atoms with Gasteiger partial charge in [-0.15, -0.1) is 11.6 Å². The molecule has 0 heterocycles. The number of alkyl halides is 1. The number of hydrogen-bond acceptors (Lipinski definition) is 3. The van der Waals surface area contributed by atoms with Crippen LogP contribution in [0.3, 0.4) is 0 Å². The van der Waals surface area contributed by atoms with Gasteiger partial charge in [0.05, 0.1) is 5.38 Å². The van der Waals surface area contributed by atoms with Crippen LogP contribution >= 0.6 is 23.2 Å². The summed E-state index contributed by atoms with van der Waals surface area (Å²) in [4.78, 5) is 11.6. The van der Waals surface area contributed by atoms with E-state index in [4.69, 9.17) is 32.7 Å². The van der Waals surface area contributed by atoms with Crippen LogP contribution in [0.5, 0.6) is 5.75 Å². The van der Waals surface area contributed by atoms with E-state index >= 15 is 0 Å². The minimum atomic E-state index is -0.525. The predicted molar refractivity (Wildman–Crippen MR) is 77.1 cm³/mol. The Labute approximate surface area is 123 Å². The molecule has 0 saturated heterocycles. The van der Waals surface area contributed by atoms with Crippen LogP contribution in [-0.2, 0) is 9.53 Å². The fourth-order valence-electron chi connectivity index (χ4n) is 1.47. The standard InChI is InChI=1S/C14H18Cl2O3/c1-9(15)11-7-10(16)5-6-12(11)18-8-13(17)19-14(2,3)4/h5-7,9H,8H2,1-4H3. The number of halogens is 2. The molecule has 0 aliphatic carbocycles. The highest BCUT2D eigenvalue weighted by molar-refractivity contribution is 6.30. The highest BCUT2D eigenvalue weighted by Crippen LogP contribution is 2.31. The highest BCUT2D eigenvalue weighted by atomic mass is 35.5. The molecule has 0 amide bonds. The van der Waals surface area contributed by atoms with Gasteiger partial charge in [0, 0.05) is 10.6 Å². The third-order valence-corrected chi connectivity index (χ3v) is 2.64. The zero-order valence-electron chi connectivity index (χ0n) is 11.5. The molecule has 1 aromatic rings. The zero-order valence-corrected chi connectivity index (χ0v) is 13.0. The van der Waals surface area contributed by atoms with Crippen LogP contribution in [0, 0.1) is 0 Å². The molecule has 0 aromatic heterocycles. The van der Waals surface area contributed by atoms with Crippen molar-refractivity contribution in [3.63, 3.8) is 0 Å². The summed E-state index contributed by atoms with van der Waals surface area (Å²) in [5.41, 5.74) is 0.223. The van der Waals surface area contributed by atoms with E-state index in [1.165, 1.54) is 0 Å². The number of carbonyl (C=O) groups excluding carboxylic acids is 1. The average Bonchev–Trinajstić information content (AvgIpc) is 2.24. The van der Waals surface area contributed by atoms with Crippen molar-refractivity contribution in [2.24, 2.45) is 0 Å². The van der Waals surface area contributed by atoms with Gasteiger partial charge in [-0.1, -0.05) is 11.6 Å². The van der Waals surface area contributed by atoms with Crippen molar-refractivity contribution in [3.05, 3.63) is 28.8 Å².